The summed E-state index contributed by atoms with van der Waals surface area (Å²) in [6.45, 7) is 3.57. The van der Waals surface area contributed by atoms with Crippen LogP contribution in [0.3, 0.4) is 0 Å². The lowest BCUT2D eigenvalue weighted by Crippen LogP contribution is -2.34. The summed E-state index contributed by atoms with van der Waals surface area (Å²) in [6, 6.07) is 7.09. The number of fused-ring (bicyclic) bond motifs is 1. The Morgan fingerprint density at radius 1 is 1.30 bits per heavy atom. The Morgan fingerprint density at radius 3 is 2.78 bits per heavy atom. The van der Waals surface area contributed by atoms with Gasteiger partial charge in [-0.05, 0) is 26.0 Å². The largest absolute Gasteiger partial charge is 0.463 e. The molecule has 0 saturated carbocycles. The molecule has 0 atom stereocenters. The highest BCUT2D eigenvalue weighted by Crippen LogP contribution is 2.07. The molecule has 0 bridgehead atoms. The van der Waals surface area contributed by atoms with Crippen LogP contribution in [-0.2, 0) is 20.9 Å². The quantitative estimate of drug-likeness (QED) is 0.798. The van der Waals surface area contributed by atoms with Gasteiger partial charge >= 0.3 is 5.97 Å². The molecule has 23 heavy (non-hydrogen) atoms. The van der Waals surface area contributed by atoms with Crippen molar-refractivity contribution in [3.8, 4) is 0 Å². The number of hydrogen-bond donors (Lipinski definition) is 1. The third kappa shape index (κ3) is 4.64. The van der Waals surface area contributed by atoms with E-state index in [1.807, 2.05) is 6.07 Å². The molecule has 0 unspecified atom stereocenters. The average Bonchev–Trinajstić information content (AvgIpc) is 2.49. The molecule has 0 fully saturated rings. The van der Waals surface area contributed by atoms with Crippen molar-refractivity contribution in [2.24, 2.45) is 0 Å². The van der Waals surface area contributed by atoms with Gasteiger partial charge in [-0.3, -0.25) is 19.0 Å². The van der Waals surface area contributed by atoms with Crippen molar-refractivity contribution in [1.82, 2.24) is 14.9 Å². The minimum Gasteiger partial charge on any atom is -0.463 e. The molecule has 0 aliphatic rings. The summed E-state index contributed by atoms with van der Waals surface area (Å²) in [5.74, 6) is -0.715. The van der Waals surface area contributed by atoms with Crippen molar-refractivity contribution in [3.05, 3.63) is 40.8 Å². The van der Waals surface area contributed by atoms with E-state index in [-0.39, 0.29) is 43.1 Å². The molecular weight excluding hydrogens is 298 g/mol. The fourth-order valence-corrected chi connectivity index (χ4v) is 2.10. The first-order valence-corrected chi connectivity index (χ1v) is 7.38. The van der Waals surface area contributed by atoms with Crippen molar-refractivity contribution in [3.63, 3.8) is 0 Å². The molecule has 122 valence electrons. The molecule has 1 heterocycles. The standard InChI is InChI=1S/C16H19N3O4/c1-11(2)23-16(22)7-8-17-14(20)10-19-13-6-4-3-5-12(13)18-9-15(19)21/h3-6,9,11H,7-8,10H2,1-2H3,(H,17,20). The van der Waals surface area contributed by atoms with E-state index in [1.165, 1.54) is 10.8 Å². The highest BCUT2D eigenvalue weighted by atomic mass is 16.5. The molecule has 0 spiro atoms. The molecule has 7 nitrogen and oxygen atoms in total. The minimum atomic E-state index is -0.369. The first kappa shape index (κ1) is 16.7. The SMILES string of the molecule is CC(C)OC(=O)CCNC(=O)Cn1c(=O)cnc2ccccc21. The van der Waals surface area contributed by atoms with Gasteiger partial charge in [0, 0.05) is 6.54 Å². The number of ether oxygens (including phenoxy) is 1. The normalized spacial score (nSPS) is 10.7. The zero-order valence-electron chi connectivity index (χ0n) is 13.1. The Balaban J connectivity index is 1.97. The van der Waals surface area contributed by atoms with Crippen LogP contribution in [0.2, 0.25) is 0 Å². The van der Waals surface area contributed by atoms with Crippen LogP contribution in [-0.4, -0.2) is 34.1 Å². The van der Waals surface area contributed by atoms with Crippen molar-refractivity contribution < 1.29 is 14.3 Å². The van der Waals surface area contributed by atoms with Crippen molar-refractivity contribution >= 4 is 22.9 Å². The fraction of sp³-hybridized carbons (Fsp3) is 0.375. The van der Waals surface area contributed by atoms with E-state index in [1.54, 1.807) is 32.0 Å². The van der Waals surface area contributed by atoms with Gasteiger partial charge in [0.15, 0.2) is 0 Å². The van der Waals surface area contributed by atoms with E-state index in [0.29, 0.717) is 11.0 Å². The maximum Gasteiger partial charge on any atom is 0.307 e. The van der Waals surface area contributed by atoms with Gasteiger partial charge in [0.25, 0.3) is 5.56 Å². The number of nitrogens with zero attached hydrogens (tertiary/aromatic N) is 2. The number of esters is 1. The molecule has 1 aromatic carbocycles. The lowest BCUT2D eigenvalue weighted by atomic mass is 10.3. The predicted octanol–water partition coefficient (Wildman–Crippen LogP) is 0.854. The van der Waals surface area contributed by atoms with Crippen molar-refractivity contribution in [2.75, 3.05) is 6.54 Å². The second-order valence-electron chi connectivity index (χ2n) is 5.31. The molecule has 2 rings (SSSR count). The zero-order chi connectivity index (χ0) is 16.8. The minimum absolute atomic E-state index is 0.0932. The Hall–Kier alpha value is -2.70. The lowest BCUT2D eigenvalue weighted by Gasteiger charge is -2.10. The number of para-hydroxylation sites is 2. The molecule has 0 aliphatic heterocycles. The Labute approximate surface area is 133 Å². The van der Waals surface area contributed by atoms with Crippen LogP contribution >= 0.6 is 0 Å². The van der Waals surface area contributed by atoms with E-state index < -0.39 is 0 Å². The van der Waals surface area contributed by atoms with Crippen LogP contribution in [0.15, 0.2) is 35.3 Å². The van der Waals surface area contributed by atoms with Gasteiger partial charge in [0.1, 0.15) is 6.54 Å². The maximum absolute atomic E-state index is 12.0. The van der Waals surface area contributed by atoms with Crippen LogP contribution in [0.5, 0.6) is 0 Å². The molecular formula is C16H19N3O4. The van der Waals surface area contributed by atoms with E-state index in [2.05, 4.69) is 10.3 Å². The van der Waals surface area contributed by atoms with Gasteiger partial charge in [-0.15, -0.1) is 0 Å². The van der Waals surface area contributed by atoms with Crippen LogP contribution in [0.1, 0.15) is 20.3 Å². The van der Waals surface area contributed by atoms with Gasteiger partial charge in [-0.25, -0.2) is 4.98 Å². The van der Waals surface area contributed by atoms with Crippen LogP contribution in [0, 0.1) is 0 Å². The van der Waals surface area contributed by atoms with Crippen molar-refractivity contribution in [2.45, 2.75) is 32.9 Å². The molecule has 7 heteroatoms. The lowest BCUT2D eigenvalue weighted by molar-refractivity contribution is -0.147. The molecule has 1 amide bonds. The summed E-state index contributed by atoms with van der Waals surface area (Å²) < 4.78 is 6.32. The summed E-state index contributed by atoms with van der Waals surface area (Å²) in [5.41, 5.74) is 0.882. The second-order valence-corrected chi connectivity index (χ2v) is 5.31. The number of rotatable bonds is 6. The topological polar surface area (TPSA) is 90.3 Å². The third-order valence-corrected chi connectivity index (χ3v) is 3.07. The summed E-state index contributed by atoms with van der Waals surface area (Å²) in [6.07, 6.45) is 1.10. The number of carbonyl (C=O) groups is 2. The van der Waals surface area contributed by atoms with Crippen LogP contribution in [0.4, 0.5) is 0 Å². The maximum atomic E-state index is 12.0. The van der Waals surface area contributed by atoms with Gasteiger partial charge in [-0.2, -0.15) is 0 Å². The molecule has 0 radical (unpaired) electrons. The van der Waals surface area contributed by atoms with Gasteiger partial charge in [-0.1, -0.05) is 12.1 Å². The number of hydrogen-bond acceptors (Lipinski definition) is 5. The Morgan fingerprint density at radius 2 is 2.04 bits per heavy atom. The Bertz CT molecular complexity index is 767. The monoisotopic (exact) mass is 317 g/mol. The summed E-state index contributed by atoms with van der Waals surface area (Å²) in [7, 11) is 0. The smallest absolute Gasteiger partial charge is 0.307 e. The third-order valence-electron chi connectivity index (χ3n) is 3.07. The number of carbonyl (C=O) groups excluding carboxylic acids is 2. The fourth-order valence-electron chi connectivity index (χ4n) is 2.10. The first-order valence-electron chi connectivity index (χ1n) is 7.38. The number of amides is 1. The number of aromatic nitrogens is 2. The number of nitrogens with one attached hydrogen (secondary N) is 1. The van der Waals surface area contributed by atoms with Crippen LogP contribution < -0.4 is 10.9 Å². The summed E-state index contributed by atoms with van der Waals surface area (Å²) in [4.78, 5) is 39.3. The second kappa shape index (κ2) is 7.53. The van der Waals surface area contributed by atoms with Gasteiger partial charge in [0.05, 0.1) is 29.8 Å². The molecule has 1 N–H and O–H groups in total. The van der Waals surface area contributed by atoms with Gasteiger partial charge in [0.2, 0.25) is 5.91 Å². The number of benzene rings is 1. The van der Waals surface area contributed by atoms with Crippen LogP contribution in [0.25, 0.3) is 11.0 Å². The molecule has 1 aromatic heterocycles. The van der Waals surface area contributed by atoms with E-state index in [0.717, 1.165) is 0 Å². The van der Waals surface area contributed by atoms with Crippen molar-refractivity contribution in [1.29, 1.82) is 0 Å². The molecule has 0 saturated heterocycles. The molecule has 2 aromatic rings. The Kier molecular flexibility index (Phi) is 5.46. The molecule has 0 aliphatic carbocycles. The predicted molar refractivity (Wildman–Crippen MR) is 84.9 cm³/mol. The average molecular weight is 317 g/mol. The highest BCUT2D eigenvalue weighted by Gasteiger charge is 2.10. The summed E-state index contributed by atoms with van der Waals surface area (Å²) >= 11 is 0. The first-order chi connectivity index (χ1) is 11.0. The highest BCUT2D eigenvalue weighted by molar-refractivity contribution is 5.80. The zero-order valence-corrected chi connectivity index (χ0v) is 13.1. The van der Waals surface area contributed by atoms with E-state index >= 15 is 0 Å². The van der Waals surface area contributed by atoms with E-state index in [9.17, 15) is 14.4 Å². The van der Waals surface area contributed by atoms with Gasteiger partial charge < -0.3 is 10.1 Å². The summed E-state index contributed by atoms with van der Waals surface area (Å²) in [5, 5.41) is 2.61. The van der Waals surface area contributed by atoms with E-state index in [4.69, 9.17) is 4.74 Å².